The Morgan fingerprint density at radius 1 is 1.19 bits per heavy atom. The molecule has 2 fully saturated rings. The SMILES string of the molecule is FC(F)OC[C@@H]1C[C@H](CN2CCC(C(F)(F)F)CC2)CN1. The van der Waals surface area contributed by atoms with E-state index in [1.807, 2.05) is 4.90 Å². The lowest BCUT2D eigenvalue weighted by molar-refractivity contribution is -0.185. The Morgan fingerprint density at radius 2 is 1.86 bits per heavy atom. The molecule has 2 atom stereocenters. The molecule has 0 unspecified atom stereocenters. The highest BCUT2D eigenvalue weighted by Gasteiger charge is 2.41. The predicted octanol–water partition coefficient (Wildman–Crippen LogP) is 2.48. The molecule has 8 heteroatoms. The van der Waals surface area contributed by atoms with Gasteiger partial charge in [-0.05, 0) is 44.8 Å². The minimum absolute atomic E-state index is 0.0235. The molecule has 0 saturated carbocycles. The van der Waals surface area contributed by atoms with Crippen molar-refractivity contribution in [2.45, 2.75) is 38.1 Å². The van der Waals surface area contributed by atoms with Crippen LogP contribution in [0.15, 0.2) is 0 Å². The number of alkyl halides is 5. The average Bonchev–Trinajstić information content (AvgIpc) is 2.83. The topological polar surface area (TPSA) is 24.5 Å². The maximum Gasteiger partial charge on any atom is 0.391 e. The maximum atomic E-state index is 12.6. The largest absolute Gasteiger partial charge is 0.391 e. The molecule has 0 aromatic rings. The van der Waals surface area contributed by atoms with Crippen LogP contribution in [0.3, 0.4) is 0 Å². The van der Waals surface area contributed by atoms with Gasteiger partial charge in [0.1, 0.15) is 0 Å². The molecule has 3 nitrogen and oxygen atoms in total. The first kappa shape index (κ1) is 16.9. The summed E-state index contributed by atoms with van der Waals surface area (Å²) in [7, 11) is 0. The van der Waals surface area contributed by atoms with E-state index in [1.54, 1.807) is 0 Å². The number of rotatable bonds is 5. The number of hydrogen-bond acceptors (Lipinski definition) is 3. The zero-order chi connectivity index (χ0) is 15.5. The fourth-order valence-electron chi connectivity index (χ4n) is 3.17. The highest BCUT2D eigenvalue weighted by Crippen LogP contribution is 2.34. The van der Waals surface area contributed by atoms with Crippen molar-refractivity contribution in [2.75, 3.05) is 32.8 Å². The molecule has 124 valence electrons. The van der Waals surface area contributed by atoms with E-state index in [0.29, 0.717) is 25.6 Å². The quantitative estimate of drug-likeness (QED) is 0.789. The monoisotopic (exact) mass is 316 g/mol. The molecular formula is C13H21F5N2O. The van der Waals surface area contributed by atoms with Crippen molar-refractivity contribution in [1.29, 1.82) is 0 Å². The van der Waals surface area contributed by atoms with E-state index in [4.69, 9.17) is 0 Å². The van der Waals surface area contributed by atoms with Gasteiger partial charge in [-0.25, -0.2) is 0 Å². The number of halogens is 5. The molecule has 2 aliphatic rings. The second-order valence-electron chi connectivity index (χ2n) is 5.92. The van der Waals surface area contributed by atoms with E-state index in [1.165, 1.54) is 0 Å². The van der Waals surface area contributed by atoms with Gasteiger partial charge in [-0.3, -0.25) is 0 Å². The van der Waals surface area contributed by atoms with Gasteiger partial charge in [0.25, 0.3) is 0 Å². The third-order valence-corrected chi connectivity index (χ3v) is 4.30. The first-order valence-electron chi connectivity index (χ1n) is 7.27. The third-order valence-electron chi connectivity index (χ3n) is 4.30. The summed E-state index contributed by atoms with van der Waals surface area (Å²) < 4.78 is 65.9. The molecule has 0 bridgehead atoms. The summed E-state index contributed by atoms with van der Waals surface area (Å²) in [6.07, 6.45) is -3.05. The number of nitrogens with zero attached hydrogens (tertiary/aromatic N) is 1. The lowest BCUT2D eigenvalue weighted by Gasteiger charge is -2.34. The van der Waals surface area contributed by atoms with E-state index in [9.17, 15) is 22.0 Å². The van der Waals surface area contributed by atoms with E-state index in [-0.39, 0.29) is 25.5 Å². The van der Waals surface area contributed by atoms with Gasteiger partial charge >= 0.3 is 12.8 Å². The summed E-state index contributed by atoms with van der Waals surface area (Å²) in [6.45, 7) is -0.436. The van der Waals surface area contributed by atoms with Crippen molar-refractivity contribution in [3.8, 4) is 0 Å². The van der Waals surface area contributed by atoms with Crippen LogP contribution in [0.5, 0.6) is 0 Å². The molecule has 0 spiro atoms. The number of piperidine rings is 1. The first-order chi connectivity index (χ1) is 9.84. The van der Waals surface area contributed by atoms with Crippen LogP contribution in [-0.4, -0.2) is 56.5 Å². The molecule has 21 heavy (non-hydrogen) atoms. The minimum Gasteiger partial charge on any atom is -0.321 e. The lowest BCUT2D eigenvalue weighted by atomic mass is 9.95. The molecule has 2 saturated heterocycles. The zero-order valence-electron chi connectivity index (χ0n) is 11.7. The smallest absolute Gasteiger partial charge is 0.321 e. The first-order valence-corrected chi connectivity index (χ1v) is 7.27. The predicted molar refractivity (Wildman–Crippen MR) is 67.1 cm³/mol. The van der Waals surface area contributed by atoms with Crippen LogP contribution in [-0.2, 0) is 4.74 Å². The van der Waals surface area contributed by atoms with Crippen molar-refractivity contribution in [2.24, 2.45) is 11.8 Å². The van der Waals surface area contributed by atoms with Crippen LogP contribution < -0.4 is 5.32 Å². The Labute approximate surface area is 120 Å². The summed E-state index contributed by atoms with van der Waals surface area (Å²) >= 11 is 0. The summed E-state index contributed by atoms with van der Waals surface area (Å²) in [5.41, 5.74) is 0. The van der Waals surface area contributed by atoms with Crippen molar-refractivity contribution >= 4 is 0 Å². The molecule has 0 aromatic carbocycles. The molecule has 2 rings (SSSR count). The van der Waals surface area contributed by atoms with Crippen molar-refractivity contribution in [1.82, 2.24) is 10.2 Å². The Morgan fingerprint density at radius 3 is 2.43 bits per heavy atom. The molecule has 0 aliphatic carbocycles. The summed E-state index contributed by atoms with van der Waals surface area (Å²) in [6, 6.07) is -0.0864. The number of ether oxygens (including phenoxy) is 1. The van der Waals surface area contributed by atoms with Gasteiger partial charge in [0, 0.05) is 12.6 Å². The molecule has 0 radical (unpaired) electrons. The lowest BCUT2D eigenvalue weighted by Crippen LogP contribution is -2.41. The normalized spacial score (nSPS) is 29.4. The van der Waals surface area contributed by atoms with Crippen molar-refractivity contribution in [3.05, 3.63) is 0 Å². The van der Waals surface area contributed by atoms with Gasteiger partial charge in [0.15, 0.2) is 0 Å². The Balaban J connectivity index is 1.66. The molecule has 1 N–H and O–H groups in total. The fourth-order valence-corrected chi connectivity index (χ4v) is 3.17. The molecule has 2 aliphatic heterocycles. The van der Waals surface area contributed by atoms with Gasteiger partial charge < -0.3 is 15.0 Å². The minimum atomic E-state index is -4.08. The van der Waals surface area contributed by atoms with Gasteiger partial charge in [0.05, 0.1) is 12.5 Å². The number of likely N-dealkylation sites (tertiary alicyclic amines) is 1. The zero-order valence-corrected chi connectivity index (χ0v) is 11.7. The van der Waals surface area contributed by atoms with Crippen LogP contribution in [0.1, 0.15) is 19.3 Å². The highest BCUT2D eigenvalue weighted by molar-refractivity contribution is 4.85. The average molecular weight is 316 g/mol. The number of hydrogen-bond donors (Lipinski definition) is 1. The molecule has 0 amide bonds. The Bertz CT molecular complexity index is 318. The Hall–Kier alpha value is -0.470. The summed E-state index contributed by atoms with van der Waals surface area (Å²) in [5.74, 6) is -0.888. The fraction of sp³-hybridized carbons (Fsp3) is 1.00. The van der Waals surface area contributed by atoms with Crippen molar-refractivity contribution < 1.29 is 26.7 Å². The van der Waals surface area contributed by atoms with E-state index in [2.05, 4.69) is 10.1 Å². The van der Waals surface area contributed by atoms with Crippen molar-refractivity contribution in [3.63, 3.8) is 0 Å². The van der Waals surface area contributed by atoms with E-state index in [0.717, 1.165) is 13.0 Å². The number of nitrogens with one attached hydrogen (secondary N) is 1. The van der Waals surface area contributed by atoms with Crippen LogP contribution in [0.2, 0.25) is 0 Å². The summed E-state index contributed by atoms with van der Waals surface area (Å²) in [5, 5.41) is 3.12. The van der Waals surface area contributed by atoms with Crippen LogP contribution in [0.25, 0.3) is 0 Å². The summed E-state index contributed by atoms with van der Waals surface area (Å²) in [4.78, 5) is 2.05. The molecule has 0 aromatic heterocycles. The third kappa shape index (κ3) is 5.34. The second kappa shape index (κ2) is 7.19. The van der Waals surface area contributed by atoms with E-state index >= 15 is 0 Å². The molecular weight excluding hydrogens is 295 g/mol. The van der Waals surface area contributed by atoms with Crippen LogP contribution in [0.4, 0.5) is 22.0 Å². The highest BCUT2D eigenvalue weighted by atomic mass is 19.4. The second-order valence-corrected chi connectivity index (χ2v) is 5.92. The van der Waals surface area contributed by atoms with E-state index < -0.39 is 18.7 Å². The van der Waals surface area contributed by atoms with Gasteiger partial charge in [-0.2, -0.15) is 22.0 Å². The standard InChI is InChI=1S/C13H21F5N2O/c14-12(15)21-8-11-5-9(6-19-11)7-20-3-1-10(2-4-20)13(16,17)18/h9-12,19H,1-8H2/t9-,11-/m0/s1. The van der Waals surface area contributed by atoms with Gasteiger partial charge in [0.2, 0.25) is 0 Å². The van der Waals surface area contributed by atoms with Gasteiger partial charge in [-0.1, -0.05) is 0 Å². The van der Waals surface area contributed by atoms with Gasteiger partial charge in [-0.15, -0.1) is 0 Å². The maximum absolute atomic E-state index is 12.6. The van der Waals surface area contributed by atoms with Crippen LogP contribution >= 0.6 is 0 Å². The Kier molecular flexibility index (Phi) is 5.79. The molecule has 2 heterocycles. The van der Waals surface area contributed by atoms with Crippen LogP contribution in [0, 0.1) is 11.8 Å².